The highest BCUT2D eigenvalue weighted by Crippen LogP contribution is 2.30. The molecule has 7 heteroatoms. The number of ketones is 1. The SMILES string of the molecule is Cc1cc(C)nc(NCCCOc2ccc3c(c2)NC(C)C(=O)C(CC(=O)O)C3)c1. The Morgan fingerprint density at radius 2 is 2.10 bits per heavy atom. The number of aromatic nitrogens is 1. The van der Waals surface area contributed by atoms with Gasteiger partial charge in [0.15, 0.2) is 5.78 Å². The molecular weight excluding hydrogens is 382 g/mol. The monoisotopic (exact) mass is 411 g/mol. The quantitative estimate of drug-likeness (QED) is 0.571. The van der Waals surface area contributed by atoms with Crippen molar-refractivity contribution < 1.29 is 19.4 Å². The van der Waals surface area contributed by atoms with Crippen LogP contribution in [0, 0.1) is 19.8 Å². The number of anilines is 2. The summed E-state index contributed by atoms with van der Waals surface area (Å²) in [5, 5.41) is 15.6. The standard InChI is InChI=1S/C23H29N3O4/c1-14-9-15(2)25-21(10-14)24-7-4-8-30-19-6-5-17-11-18(12-22(27)28)23(29)16(3)26-20(17)13-19/h5-6,9-10,13,16,18,26H,4,7-8,11-12H2,1-3H3,(H,24,25)(H,27,28). The van der Waals surface area contributed by atoms with Crippen molar-refractivity contribution >= 4 is 23.3 Å². The summed E-state index contributed by atoms with van der Waals surface area (Å²) in [6.07, 6.45) is 1.09. The fraction of sp³-hybridized carbons (Fsp3) is 0.435. The van der Waals surface area contributed by atoms with Crippen LogP contribution in [0.2, 0.25) is 0 Å². The Hall–Kier alpha value is -3.09. The fourth-order valence-electron chi connectivity index (χ4n) is 3.78. The Morgan fingerprint density at radius 3 is 2.83 bits per heavy atom. The Labute approximate surface area is 176 Å². The zero-order valence-corrected chi connectivity index (χ0v) is 17.7. The molecule has 1 aliphatic heterocycles. The van der Waals surface area contributed by atoms with Crippen LogP contribution in [0.5, 0.6) is 5.75 Å². The molecule has 3 rings (SSSR count). The molecule has 160 valence electrons. The first-order valence-corrected chi connectivity index (χ1v) is 10.3. The summed E-state index contributed by atoms with van der Waals surface area (Å²) in [5.41, 5.74) is 3.94. The van der Waals surface area contributed by atoms with Crippen molar-refractivity contribution in [1.29, 1.82) is 0 Å². The maximum Gasteiger partial charge on any atom is 0.304 e. The summed E-state index contributed by atoms with van der Waals surface area (Å²) in [5.74, 6) is 0.0668. The largest absolute Gasteiger partial charge is 0.493 e. The normalized spacial score (nSPS) is 18.2. The van der Waals surface area contributed by atoms with Gasteiger partial charge in [0.25, 0.3) is 0 Å². The lowest BCUT2D eigenvalue weighted by molar-refractivity contribution is -0.140. The van der Waals surface area contributed by atoms with E-state index >= 15 is 0 Å². The van der Waals surface area contributed by atoms with E-state index in [-0.39, 0.29) is 12.2 Å². The van der Waals surface area contributed by atoms with E-state index in [0.29, 0.717) is 13.0 Å². The zero-order valence-electron chi connectivity index (χ0n) is 17.7. The van der Waals surface area contributed by atoms with Gasteiger partial charge < -0.3 is 20.5 Å². The van der Waals surface area contributed by atoms with Crippen molar-refractivity contribution in [3.8, 4) is 5.75 Å². The second-order valence-electron chi connectivity index (χ2n) is 7.89. The molecule has 1 aromatic heterocycles. The first kappa shape index (κ1) is 21.6. The maximum absolute atomic E-state index is 12.5. The average Bonchev–Trinajstić information content (AvgIpc) is 2.77. The summed E-state index contributed by atoms with van der Waals surface area (Å²) < 4.78 is 5.87. The molecule has 3 N–H and O–H groups in total. The van der Waals surface area contributed by atoms with Crippen molar-refractivity contribution in [2.24, 2.45) is 5.92 Å². The highest BCUT2D eigenvalue weighted by molar-refractivity contribution is 5.92. The van der Waals surface area contributed by atoms with E-state index in [0.717, 1.165) is 41.5 Å². The fourth-order valence-corrected chi connectivity index (χ4v) is 3.78. The Kier molecular flexibility index (Phi) is 6.92. The van der Waals surface area contributed by atoms with Crippen LogP contribution in [-0.2, 0) is 16.0 Å². The number of aryl methyl sites for hydroxylation is 2. The van der Waals surface area contributed by atoms with Gasteiger partial charge in [-0.3, -0.25) is 9.59 Å². The summed E-state index contributed by atoms with van der Waals surface area (Å²) in [6.45, 7) is 7.10. The molecular formula is C23H29N3O4. The highest BCUT2D eigenvalue weighted by Gasteiger charge is 2.30. The van der Waals surface area contributed by atoms with Crippen LogP contribution in [0.1, 0.15) is 36.6 Å². The number of Topliss-reactive ketones (excluding diaryl/α,β-unsaturated/α-hetero) is 1. The van der Waals surface area contributed by atoms with Gasteiger partial charge in [-0.15, -0.1) is 0 Å². The minimum Gasteiger partial charge on any atom is -0.493 e. The lowest BCUT2D eigenvalue weighted by Gasteiger charge is -2.15. The van der Waals surface area contributed by atoms with Crippen LogP contribution >= 0.6 is 0 Å². The number of ether oxygens (including phenoxy) is 1. The molecule has 30 heavy (non-hydrogen) atoms. The van der Waals surface area contributed by atoms with Gasteiger partial charge in [-0.1, -0.05) is 6.07 Å². The molecule has 1 aliphatic rings. The molecule has 0 radical (unpaired) electrons. The zero-order chi connectivity index (χ0) is 21.7. The number of hydrogen-bond donors (Lipinski definition) is 3. The van der Waals surface area contributed by atoms with Crippen molar-refractivity contribution in [3.05, 3.63) is 47.2 Å². The summed E-state index contributed by atoms with van der Waals surface area (Å²) in [6, 6.07) is 9.31. The van der Waals surface area contributed by atoms with Crippen LogP contribution in [0.3, 0.4) is 0 Å². The number of nitrogens with zero attached hydrogens (tertiary/aromatic N) is 1. The molecule has 2 heterocycles. The lowest BCUT2D eigenvalue weighted by atomic mass is 9.91. The number of rotatable bonds is 8. The minimum absolute atomic E-state index is 0.0675. The molecule has 0 saturated heterocycles. The van der Waals surface area contributed by atoms with Gasteiger partial charge >= 0.3 is 5.97 Å². The summed E-state index contributed by atoms with van der Waals surface area (Å²) in [7, 11) is 0. The van der Waals surface area contributed by atoms with E-state index < -0.39 is 17.9 Å². The topological polar surface area (TPSA) is 101 Å². The second-order valence-corrected chi connectivity index (χ2v) is 7.89. The number of benzene rings is 1. The number of nitrogens with one attached hydrogen (secondary N) is 2. The predicted octanol–water partition coefficient (Wildman–Crippen LogP) is 3.60. The van der Waals surface area contributed by atoms with E-state index in [1.54, 1.807) is 6.92 Å². The van der Waals surface area contributed by atoms with Gasteiger partial charge in [0, 0.05) is 29.9 Å². The predicted molar refractivity (Wildman–Crippen MR) is 116 cm³/mol. The van der Waals surface area contributed by atoms with Crippen molar-refractivity contribution in [2.75, 3.05) is 23.8 Å². The van der Waals surface area contributed by atoms with E-state index in [1.165, 1.54) is 5.56 Å². The van der Waals surface area contributed by atoms with Gasteiger partial charge in [0.1, 0.15) is 11.6 Å². The van der Waals surface area contributed by atoms with Crippen LogP contribution < -0.4 is 15.4 Å². The van der Waals surface area contributed by atoms with Crippen LogP contribution in [0.25, 0.3) is 0 Å². The van der Waals surface area contributed by atoms with Gasteiger partial charge in [0.2, 0.25) is 0 Å². The van der Waals surface area contributed by atoms with E-state index in [2.05, 4.69) is 15.6 Å². The Morgan fingerprint density at radius 1 is 1.30 bits per heavy atom. The molecule has 0 saturated carbocycles. The molecule has 2 atom stereocenters. The molecule has 0 amide bonds. The van der Waals surface area contributed by atoms with Crippen molar-refractivity contribution in [2.45, 2.75) is 46.1 Å². The molecule has 1 aromatic carbocycles. The third-order valence-corrected chi connectivity index (χ3v) is 5.16. The third kappa shape index (κ3) is 5.72. The number of carbonyl (C=O) groups is 2. The van der Waals surface area contributed by atoms with Gasteiger partial charge in [-0.2, -0.15) is 0 Å². The van der Waals surface area contributed by atoms with Crippen LogP contribution in [0.15, 0.2) is 30.3 Å². The maximum atomic E-state index is 12.5. The molecule has 0 spiro atoms. The number of aliphatic carboxylic acids is 1. The molecule has 2 aromatic rings. The molecule has 0 aliphatic carbocycles. The first-order valence-electron chi connectivity index (χ1n) is 10.3. The van der Waals surface area contributed by atoms with Crippen molar-refractivity contribution in [3.63, 3.8) is 0 Å². The van der Waals surface area contributed by atoms with Crippen LogP contribution in [-0.4, -0.2) is 41.0 Å². The molecule has 2 unspecified atom stereocenters. The Bertz CT molecular complexity index is 908. The molecule has 0 bridgehead atoms. The van der Waals surface area contributed by atoms with E-state index in [9.17, 15) is 9.59 Å². The van der Waals surface area contributed by atoms with Gasteiger partial charge in [0.05, 0.1) is 19.1 Å². The third-order valence-electron chi connectivity index (χ3n) is 5.16. The summed E-state index contributed by atoms with van der Waals surface area (Å²) >= 11 is 0. The van der Waals surface area contributed by atoms with Gasteiger partial charge in [-0.25, -0.2) is 4.98 Å². The minimum atomic E-state index is -0.950. The number of pyridine rings is 1. The number of carboxylic acids is 1. The van der Waals surface area contributed by atoms with E-state index in [1.807, 2.05) is 44.2 Å². The van der Waals surface area contributed by atoms with E-state index in [4.69, 9.17) is 9.84 Å². The smallest absolute Gasteiger partial charge is 0.304 e. The number of carboxylic acid groups (broad SMARTS) is 1. The lowest BCUT2D eigenvalue weighted by Crippen LogP contribution is -2.31. The molecule has 7 nitrogen and oxygen atoms in total. The highest BCUT2D eigenvalue weighted by atomic mass is 16.5. The average molecular weight is 412 g/mol. The van der Waals surface area contributed by atoms with Gasteiger partial charge in [-0.05, 0) is 62.9 Å². The Balaban J connectivity index is 1.54. The van der Waals surface area contributed by atoms with Crippen molar-refractivity contribution in [1.82, 2.24) is 4.98 Å². The second kappa shape index (κ2) is 9.61. The molecule has 0 fully saturated rings. The number of fused-ring (bicyclic) bond motifs is 1. The van der Waals surface area contributed by atoms with Crippen LogP contribution in [0.4, 0.5) is 11.5 Å². The summed E-state index contributed by atoms with van der Waals surface area (Å²) in [4.78, 5) is 28.0. The number of carbonyl (C=O) groups excluding carboxylic acids is 1. The first-order chi connectivity index (χ1) is 14.3. The number of hydrogen-bond acceptors (Lipinski definition) is 6.